The molecule has 7 heteroatoms. The number of carbonyl (C=O) groups is 3. The van der Waals surface area contributed by atoms with Gasteiger partial charge < -0.3 is 10.1 Å². The van der Waals surface area contributed by atoms with Crippen molar-refractivity contribution in [3.05, 3.63) is 29.3 Å². The van der Waals surface area contributed by atoms with Gasteiger partial charge in [-0.1, -0.05) is 19.1 Å². The molecule has 0 bridgehead atoms. The summed E-state index contributed by atoms with van der Waals surface area (Å²) in [5.74, 6) is -0.765. The summed E-state index contributed by atoms with van der Waals surface area (Å²) in [6.07, 6.45) is 0.782. The number of nitrogens with one attached hydrogen (secondary N) is 1. The zero-order valence-electron chi connectivity index (χ0n) is 16.4. The maximum Gasteiger partial charge on any atom is 0.306 e. The van der Waals surface area contributed by atoms with Gasteiger partial charge in [0, 0.05) is 25.8 Å². The lowest BCUT2D eigenvalue weighted by Gasteiger charge is -2.25. The van der Waals surface area contributed by atoms with Gasteiger partial charge in [0.1, 0.15) is 5.71 Å². The van der Waals surface area contributed by atoms with E-state index in [0.717, 1.165) is 11.1 Å². The maximum atomic E-state index is 12.5. The number of amides is 2. The van der Waals surface area contributed by atoms with Crippen molar-refractivity contribution in [3.63, 3.8) is 0 Å². The van der Waals surface area contributed by atoms with E-state index in [1.165, 1.54) is 5.01 Å². The van der Waals surface area contributed by atoms with Crippen molar-refractivity contribution < 1.29 is 19.1 Å². The fourth-order valence-electron chi connectivity index (χ4n) is 2.80. The SMILES string of the molecule is CCOC(=O)C[C@H](C)CNC(=O)C1=NN(c2cc(C)ccc2C)C(=O)CC1. The third kappa shape index (κ3) is 5.64. The van der Waals surface area contributed by atoms with Gasteiger partial charge in [-0.2, -0.15) is 5.10 Å². The van der Waals surface area contributed by atoms with Crippen molar-refractivity contribution >= 4 is 29.2 Å². The van der Waals surface area contributed by atoms with E-state index in [4.69, 9.17) is 4.74 Å². The highest BCUT2D eigenvalue weighted by Gasteiger charge is 2.26. The first-order valence-corrected chi connectivity index (χ1v) is 9.23. The molecule has 146 valence electrons. The van der Waals surface area contributed by atoms with E-state index in [0.29, 0.717) is 31.0 Å². The highest BCUT2D eigenvalue weighted by molar-refractivity contribution is 6.40. The fraction of sp³-hybridized carbons (Fsp3) is 0.500. The van der Waals surface area contributed by atoms with E-state index in [2.05, 4.69) is 10.4 Å². The van der Waals surface area contributed by atoms with Gasteiger partial charge >= 0.3 is 5.97 Å². The number of rotatable bonds is 7. The number of ether oxygens (including phenoxy) is 1. The van der Waals surface area contributed by atoms with Crippen LogP contribution in [-0.4, -0.2) is 36.6 Å². The Bertz CT molecular complexity index is 758. The largest absolute Gasteiger partial charge is 0.466 e. The molecule has 1 aliphatic heterocycles. The lowest BCUT2D eigenvalue weighted by molar-refractivity contribution is -0.144. The summed E-state index contributed by atoms with van der Waals surface area (Å²) in [4.78, 5) is 36.3. The first kappa shape index (κ1) is 20.6. The van der Waals surface area contributed by atoms with E-state index < -0.39 is 0 Å². The van der Waals surface area contributed by atoms with Gasteiger partial charge in [-0.05, 0) is 43.9 Å². The molecule has 0 aliphatic carbocycles. The molecule has 0 radical (unpaired) electrons. The molecule has 1 heterocycles. The Hall–Kier alpha value is -2.70. The number of nitrogens with zero attached hydrogens (tertiary/aromatic N) is 2. The van der Waals surface area contributed by atoms with E-state index in [1.807, 2.05) is 39.0 Å². The van der Waals surface area contributed by atoms with Crippen LogP contribution in [0, 0.1) is 19.8 Å². The molecule has 1 atom stereocenters. The Labute approximate surface area is 159 Å². The summed E-state index contributed by atoms with van der Waals surface area (Å²) >= 11 is 0. The van der Waals surface area contributed by atoms with Gasteiger partial charge in [-0.3, -0.25) is 14.4 Å². The molecule has 0 saturated carbocycles. The highest BCUT2D eigenvalue weighted by atomic mass is 16.5. The van der Waals surface area contributed by atoms with Gasteiger partial charge in [0.25, 0.3) is 5.91 Å². The number of esters is 1. The predicted molar refractivity (Wildman–Crippen MR) is 103 cm³/mol. The average Bonchev–Trinajstić information content (AvgIpc) is 2.62. The van der Waals surface area contributed by atoms with Gasteiger partial charge in [0.05, 0.1) is 12.3 Å². The lowest BCUT2D eigenvalue weighted by Crippen LogP contribution is -2.40. The normalized spacial score (nSPS) is 15.2. The summed E-state index contributed by atoms with van der Waals surface area (Å²) in [7, 11) is 0. The minimum absolute atomic E-state index is 0.0473. The number of hydrogen-bond acceptors (Lipinski definition) is 5. The van der Waals surface area contributed by atoms with Gasteiger partial charge in [0.15, 0.2) is 0 Å². The van der Waals surface area contributed by atoms with E-state index in [9.17, 15) is 14.4 Å². The molecule has 2 amide bonds. The highest BCUT2D eigenvalue weighted by Crippen LogP contribution is 2.25. The Kier molecular flexibility index (Phi) is 7.10. The second kappa shape index (κ2) is 9.30. The number of hydrazone groups is 1. The number of carbonyl (C=O) groups excluding carboxylic acids is 3. The molecule has 1 aromatic carbocycles. The molecule has 0 aromatic heterocycles. The van der Waals surface area contributed by atoms with E-state index >= 15 is 0 Å². The Morgan fingerprint density at radius 1 is 1.30 bits per heavy atom. The molecule has 1 aromatic rings. The monoisotopic (exact) mass is 373 g/mol. The van der Waals surface area contributed by atoms with E-state index in [1.54, 1.807) is 6.92 Å². The molecule has 27 heavy (non-hydrogen) atoms. The Morgan fingerprint density at radius 2 is 2.04 bits per heavy atom. The van der Waals surface area contributed by atoms with Gasteiger partial charge in [-0.25, -0.2) is 5.01 Å². The Balaban J connectivity index is 2.04. The number of aryl methyl sites for hydroxylation is 2. The zero-order valence-corrected chi connectivity index (χ0v) is 16.4. The predicted octanol–water partition coefficient (Wildman–Crippen LogP) is 2.49. The van der Waals surface area contributed by atoms with Crippen LogP contribution in [0.2, 0.25) is 0 Å². The van der Waals surface area contributed by atoms with Crippen LogP contribution in [0.3, 0.4) is 0 Å². The number of benzene rings is 1. The van der Waals surface area contributed by atoms with Gasteiger partial charge in [-0.15, -0.1) is 0 Å². The molecule has 1 aliphatic rings. The molecule has 2 rings (SSSR count). The smallest absolute Gasteiger partial charge is 0.306 e. The van der Waals surface area contributed by atoms with Crippen molar-refractivity contribution in [2.45, 2.75) is 47.0 Å². The fourth-order valence-corrected chi connectivity index (χ4v) is 2.80. The summed E-state index contributed by atoms with van der Waals surface area (Å²) in [6, 6.07) is 5.79. The number of anilines is 1. The van der Waals surface area contributed by atoms with E-state index in [-0.39, 0.29) is 36.5 Å². The van der Waals surface area contributed by atoms with Gasteiger partial charge in [0.2, 0.25) is 5.91 Å². The van der Waals surface area contributed by atoms with Crippen molar-refractivity contribution in [2.75, 3.05) is 18.2 Å². The maximum absolute atomic E-state index is 12.5. The van der Waals surface area contributed by atoms with Crippen LogP contribution in [0.1, 0.15) is 44.2 Å². The van der Waals surface area contributed by atoms with Crippen molar-refractivity contribution in [2.24, 2.45) is 11.0 Å². The average molecular weight is 373 g/mol. The van der Waals surface area contributed by atoms with Crippen LogP contribution in [0.15, 0.2) is 23.3 Å². The minimum atomic E-state index is -0.312. The second-order valence-electron chi connectivity index (χ2n) is 6.87. The van der Waals surface area contributed by atoms with Crippen molar-refractivity contribution in [1.29, 1.82) is 0 Å². The standard InChI is InChI=1S/C20H27N3O4/c1-5-27-19(25)11-14(3)12-21-20(26)16-8-9-18(24)23(22-16)17-10-13(2)6-7-15(17)4/h6-7,10,14H,5,8-9,11-12H2,1-4H3,(H,21,26)/t14-/m0/s1. The Morgan fingerprint density at radius 3 is 2.74 bits per heavy atom. The topological polar surface area (TPSA) is 88.1 Å². The first-order chi connectivity index (χ1) is 12.8. The van der Waals surface area contributed by atoms with Crippen LogP contribution in [0.5, 0.6) is 0 Å². The first-order valence-electron chi connectivity index (χ1n) is 9.23. The molecule has 0 unspecified atom stereocenters. The van der Waals surface area contributed by atoms with Crippen LogP contribution in [-0.2, 0) is 19.1 Å². The molecule has 7 nitrogen and oxygen atoms in total. The summed E-state index contributed by atoms with van der Waals surface area (Å²) in [6.45, 7) is 8.16. The van der Waals surface area contributed by atoms with Crippen LogP contribution >= 0.6 is 0 Å². The molecule has 0 spiro atoms. The molecule has 1 N–H and O–H groups in total. The van der Waals surface area contributed by atoms with Crippen molar-refractivity contribution in [3.8, 4) is 0 Å². The van der Waals surface area contributed by atoms with Crippen molar-refractivity contribution in [1.82, 2.24) is 5.32 Å². The van der Waals surface area contributed by atoms with Crippen LogP contribution in [0.25, 0.3) is 0 Å². The molecule has 0 saturated heterocycles. The van der Waals surface area contributed by atoms with Crippen LogP contribution in [0.4, 0.5) is 5.69 Å². The lowest BCUT2D eigenvalue weighted by atomic mass is 10.1. The minimum Gasteiger partial charge on any atom is -0.466 e. The summed E-state index contributed by atoms with van der Waals surface area (Å²) in [5.41, 5.74) is 2.95. The third-order valence-corrected chi connectivity index (χ3v) is 4.32. The molecular formula is C20H27N3O4. The third-order valence-electron chi connectivity index (χ3n) is 4.32. The summed E-state index contributed by atoms with van der Waals surface area (Å²) < 4.78 is 4.91. The summed E-state index contributed by atoms with van der Waals surface area (Å²) in [5, 5.41) is 8.42. The quantitative estimate of drug-likeness (QED) is 0.744. The zero-order chi connectivity index (χ0) is 20.0. The number of hydrogen-bond donors (Lipinski definition) is 1. The second-order valence-corrected chi connectivity index (χ2v) is 6.87. The van der Waals surface area contributed by atoms with Crippen LogP contribution < -0.4 is 10.3 Å². The molecule has 0 fully saturated rings. The molecular weight excluding hydrogens is 346 g/mol.